The zero-order valence-corrected chi connectivity index (χ0v) is 13.3. The summed E-state index contributed by atoms with van der Waals surface area (Å²) in [4.78, 5) is 14.5. The van der Waals surface area contributed by atoms with Gasteiger partial charge < -0.3 is 4.90 Å². The second-order valence-corrected chi connectivity index (χ2v) is 5.80. The Morgan fingerprint density at radius 3 is 2.48 bits per heavy atom. The van der Waals surface area contributed by atoms with Crippen LogP contribution < -0.4 is 10.3 Å². The Morgan fingerprint density at radius 2 is 1.78 bits per heavy atom. The number of amides is 1. The molecule has 4 nitrogen and oxygen atoms in total. The number of rotatable bonds is 4. The van der Waals surface area contributed by atoms with Crippen molar-refractivity contribution in [1.29, 1.82) is 0 Å². The number of hydrazone groups is 1. The molecule has 3 rings (SSSR count). The second kappa shape index (κ2) is 7.09. The third-order valence-electron chi connectivity index (χ3n) is 4.16. The first-order chi connectivity index (χ1) is 11.2. The van der Waals surface area contributed by atoms with Gasteiger partial charge in [-0.15, -0.1) is 0 Å². The van der Waals surface area contributed by atoms with Crippen molar-refractivity contribution in [3.8, 4) is 0 Å². The van der Waals surface area contributed by atoms with Crippen LogP contribution in [0.3, 0.4) is 0 Å². The largest absolute Gasteiger partial charge is 0.372 e. The highest BCUT2D eigenvalue weighted by molar-refractivity contribution is 5.95. The third-order valence-corrected chi connectivity index (χ3v) is 4.16. The van der Waals surface area contributed by atoms with Gasteiger partial charge in [0.05, 0.1) is 6.21 Å². The van der Waals surface area contributed by atoms with E-state index in [0.29, 0.717) is 5.56 Å². The fourth-order valence-corrected chi connectivity index (χ4v) is 2.76. The number of nitrogens with one attached hydrogen (secondary N) is 1. The Labute approximate surface area is 136 Å². The minimum absolute atomic E-state index is 0.192. The maximum absolute atomic E-state index is 12.1. The molecule has 118 valence electrons. The van der Waals surface area contributed by atoms with Crippen LogP contribution in [0, 0.1) is 6.92 Å². The number of hydrogen-bond acceptors (Lipinski definition) is 3. The summed E-state index contributed by atoms with van der Waals surface area (Å²) in [5.41, 5.74) is 6.51. The van der Waals surface area contributed by atoms with Crippen molar-refractivity contribution in [3.05, 3.63) is 65.2 Å². The van der Waals surface area contributed by atoms with E-state index in [4.69, 9.17) is 0 Å². The zero-order chi connectivity index (χ0) is 16.1. The van der Waals surface area contributed by atoms with E-state index in [-0.39, 0.29) is 5.91 Å². The van der Waals surface area contributed by atoms with Gasteiger partial charge in [0.2, 0.25) is 0 Å². The molecule has 1 amide bonds. The van der Waals surface area contributed by atoms with E-state index in [9.17, 15) is 4.79 Å². The Kier molecular flexibility index (Phi) is 4.71. The van der Waals surface area contributed by atoms with Crippen LogP contribution in [0.25, 0.3) is 0 Å². The van der Waals surface area contributed by atoms with Crippen LogP contribution in [0.4, 0.5) is 5.69 Å². The molecule has 4 heteroatoms. The van der Waals surface area contributed by atoms with Gasteiger partial charge in [-0.3, -0.25) is 4.79 Å². The minimum Gasteiger partial charge on any atom is -0.372 e. The fraction of sp³-hybridized carbons (Fsp3) is 0.263. The van der Waals surface area contributed by atoms with E-state index in [1.54, 1.807) is 6.21 Å². The van der Waals surface area contributed by atoms with Crippen molar-refractivity contribution in [2.24, 2.45) is 5.10 Å². The summed E-state index contributed by atoms with van der Waals surface area (Å²) < 4.78 is 0. The predicted octanol–water partition coefficient (Wildman–Crippen LogP) is 3.36. The first-order valence-corrected chi connectivity index (χ1v) is 7.98. The summed E-state index contributed by atoms with van der Waals surface area (Å²) in [7, 11) is 0. The van der Waals surface area contributed by atoms with Gasteiger partial charge in [0.25, 0.3) is 5.91 Å². The van der Waals surface area contributed by atoms with Crippen LogP contribution in [-0.2, 0) is 0 Å². The molecule has 0 bridgehead atoms. The number of anilines is 1. The number of hydrogen-bond donors (Lipinski definition) is 1. The molecular formula is C19H21N3O. The first-order valence-electron chi connectivity index (χ1n) is 7.98. The van der Waals surface area contributed by atoms with Gasteiger partial charge in [-0.1, -0.05) is 24.3 Å². The molecule has 23 heavy (non-hydrogen) atoms. The second-order valence-electron chi connectivity index (χ2n) is 5.80. The normalized spacial score (nSPS) is 14.4. The summed E-state index contributed by atoms with van der Waals surface area (Å²) in [6.07, 6.45) is 4.16. The number of nitrogens with zero attached hydrogens (tertiary/aromatic N) is 2. The van der Waals surface area contributed by atoms with E-state index in [0.717, 1.165) is 24.2 Å². The van der Waals surface area contributed by atoms with Gasteiger partial charge in [0.1, 0.15) is 0 Å². The van der Waals surface area contributed by atoms with Crippen LogP contribution in [0.1, 0.15) is 34.3 Å². The zero-order valence-electron chi connectivity index (χ0n) is 13.3. The summed E-state index contributed by atoms with van der Waals surface area (Å²) in [5, 5.41) is 4.04. The van der Waals surface area contributed by atoms with Crippen LogP contribution in [0.2, 0.25) is 0 Å². The molecule has 1 aliphatic heterocycles. The van der Waals surface area contributed by atoms with Crippen LogP contribution in [-0.4, -0.2) is 25.2 Å². The average Bonchev–Trinajstić information content (AvgIpc) is 3.11. The standard InChI is InChI=1S/C19H21N3O/c1-15-6-2-3-7-17(15)14-20-21-19(23)16-8-10-18(11-9-16)22-12-4-5-13-22/h2-3,6-11,14H,4-5,12-13H2,1H3,(H,21,23)/b20-14-. The van der Waals surface area contributed by atoms with Crippen molar-refractivity contribution in [2.75, 3.05) is 18.0 Å². The number of carbonyl (C=O) groups is 1. The summed E-state index contributed by atoms with van der Waals surface area (Å²) in [6, 6.07) is 15.6. The van der Waals surface area contributed by atoms with Crippen molar-refractivity contribution in [3.63, 3.8) is 0 Å². The minimum atomic E-state index is -0.192. The molecule has 1 saturated heterocycles. The molecule has 0 spiro atoms. The Balaban J connectivity index is 1.61. The molecule has 0 aliphatic carbocycles. The fourth-order valence-electron chi connectivity index (χ4n) is 2.76. The van der Waals surface area contributed by atoms with Crippen LogP contribution >= 0.6 is 0 Å². The van der Waals surface area contributed by atoms with E-state index in [1.165, 1.54) is 18.5 Å². The van der Waals surface area contributed by atoms with Gasteiger partial charge in [0.15, 0.2) is 0 Å². The lowest BCUT2D eigenvalue weighted by Gasteiger charge is -2.17. The van der Waals surface area contributed by atoms with Gasteiger partial charge >= 0.3 is 0 Å². The molecule has 1 heterocycles. The highest BCUT2D eigenvalue weighted by Gasteiger charge is 2.12. The first kappa shape index (κ1) is 15.3. The van der Waals surface area contributed by atoms with E-state index in [2.05, 4.69) is 15.4 Å². The maximum atomic E-state index is 12.1. The predicted molar refractivity (Wildman–Crippen MR) is 94.1 cm³/mol. The molecule has 0 atom stereocenters. The van der Waals surface area contributed by atoms with Gasteiger partial charge in [0, 0.05) is 24.3 Å². The van der Waals surface area contributed by atoms with Gasteiger partial charge in [-0.05, 0) is 55.2 Å². The molecule has 1 aliphatic rings. The van der Waals surface area contributed by atoms with E-state index in [1.807, 2.05) is 55.5 Å². The smallest absolute Gasteiger partial charge is 0.271 e. The van der Waals surface area contributed by atoms with E-state index < -0.39 is 0 Å². The molecule has 1 fully saturated rings. The lowest BCUT2D eigenvalue weighted by Crippen LogP contribution is -2.19. The van der Waals surface area contributed by atoms with Crippen molar-refractivity contribution in [1.82, 2.24) is 5.43 Å². The molecular weight excluding hydrogens is 286 g/mol. The quantitative estimate of drug-likeness (QED) is 0.695. The summed E-state index contributed by atoms with van der Waals surface area (Å²) in [5.74, 6) is -0.192. The highest BCUT2D eigenvalue weighted by Crippen LogP contribution is 2.20. The molecule has 2 aromatic rings. The molecule has 1 N–H and O–H groups in total. The summed E-state index contributed by atoms with van der Waals surface area (Å²) in [6.45, 7) is 4.22. The lowest BCUT2D eigenvalue weighted by atomic mass is 10.1. The SMILES string of the molecule is Cc1ccccc1/C=N\NC(=O)c1ccc(N2CCCC2)cc1. The third kappa shape index (κ3) is 3.77. The number of aryl methyl sites for hydroxylation is 1. The highest BCUT2D eigenvalue weighted by atomic mass is 16.2. The Morgan fingerprint density at radius 1 is 1.09 bits per heavy atom. The maximum Gasteiger partial charge on any atom is 0.271 e. The van der Waals surface area contributed by atoms with Crippen molar-refractivity contribution >= 4 is 17.8 Å². The summed E-state index contributed by atoms with van der Waals surface area (Å²) >= 11 is 0. The van der Waals surface area contributed by atoms with Crippen molar-refractivity contribution < 1.29 is 4.79 Å². The van der Waals surface area contributed by atoms with Gasteiger partial charge in [-0.25, -0.2) is 5.43 Å². The molecule has 0 saturated carbocycles. The lowest BCUT2D eigenvalue weighted by molar-refractivity contribution is 0.0955. The Hall–Kier alpha value is -2.62. The number of benzene rings is 2. The van der Waals surface area contributed by atoms with Gasteiger partial charge in [-0.2, -0.15) is 5.10 Å². The number of carbonyl (C=O) groups excluding carboxylic acids is 1. The molecule has 0 aromatic heterocycles. The topological polar surface area (TPSA) is 44.7 Å². The average molecular weight is 307 g/mol. The molecule has 0 unspecified atom stereocenters. The molecule has 0 radical (unpaired) electrons. The Bertz CT molecular complexity index is 701. The van der Waals surface area contributed by atoms with Crippen LogP contribution in [0.5, 0.6) is 0 Å². The molecule has 2 aromatic carbocycles. The van der Waals surface area contributed by atoms with Crippen molar-refractivity contribution in [2.45, 2.75) is 19.8 Å². The van der Waals surface area contributed by atoms with E-state index >= 15 is 0 Å². The van der Waals surface area contributed by atoms with Crippen LogP contribution in [0.15, 0.2) is 53.6 Å². The monoisotopic (exact) mass is 307 g/mol.